The standard InChI is InChI=1S/C25H32N4O3S/c1-3-28(4-2)24-13-12-20(33(31,32)29-14-8-5-9-15-29)17-23(24)27-25(30)16-19-18-26-22-11-7-6-10-21(19)22/h6-7,10-13,17-18,26H,3-5,8-9,14-16H2,1-2H3,(H,27,30). The Morgan fingerprint density at radius 3 is 2.52 bits per heavy atom. The van der Waals surface area contributed by atoms with E-state index in [1.807, 2.05) is 50.4 Å². The van der Waals surface area contributed by atoms with Crippen LogP contribution in [0.3, 0.4) is 0 Å². The van der Waals surface area contributed by atoms with Gasteiger partial charge in [-0.15, -0.1) is 0 Å². The second-order valence-corrected chi connectivity index (χ2v) is 10.3. The number of aromatic nitrogens is 1. The molecule has 0 atom stereocenters. The second kappa shape index (κ2) is 9.97. The molecule has 1 aliphatic heterocycles. The van der Waals surface area contributed by atoms with Gasteiger partial charge in [-0.3, -0.25) is 4.79 Å². The zero-order valence-electron chi connectivity index (χ0n) is 19.3. The number of piperidine rings is 1. The highest BCUT2D eigenvalue weighted by Crippen LogP contribution is 2.31. The zero-order chi connectivity index (χ0) is 23.4. The number of anilines is 2. The van der Waals surface area contributed by atoms with Gasteiger partial charge in [0.25, 0.3) is 0 Å². The number of carbonyl (C=O) groups is 1. The average molecular weight is 469 g/mol. The van der Waals surface area contributed by atoms with Gasteiger partial charge in [0.1, 0.15) is 0 Å². The summed E-state index contributed by atoms with van der Waals surface area (Å²) < 4.78 is 28.0. The Balaban J connectivity index is 1.63. The second-order valence-electron chi connectivity index (χ2n) is 8.40. The van der Waals surface area contributed by atoms with Gasteiger partial charge >= 0.3 is 0 Å². The van der Waals surface area contributed by atoms with Crippen molar-refractivity contribution in [3.8, 4) is 0 Å². The van der Waals surface area contributed by atoms with Crippen LogP contribution in [0.5, 0.6) is 0 Å². The molecular formula is C25H32N4O3S. The molecule has 1 amide bonds. The Bertz CT molecular complexity index is 1230. The number of sulfonamides is 1. The topological polar surface area (TPSA) is 85.5 Å². The van der Waals surface area contributed by atoms with Crippen LogP contribution in [-0.4, -0.2) is 49.8 Å². The molecule has 7 nitrogen and oxygen atoms in total. The van der Waals surface area contributed by atoms with Gasteiger partial charge in [-0.25, -0.2) is 8.42 Å². The SMILES string of the molecule is CCN(CC)c1ccc(S(=O)(=O)N2CCCCC2)cc1NC(=O)Cc1c[nH]c2ccccc12. The Morgan fingerprint density at radius 1 is 1.06 bits per heavy atom. The normalized spacial score (nSPS) is 15.0. The van der Waals surface area contributed by atoms with Gasteiger partial charge in [0.05, 0.1) is 22.7 Å². The summed E-state index contributed by atoms with van der Waals surface area (Å²) in [4.78, 5) is 18.6. The van der Waals surface area contributed by atoms with Crippen molar-refractivity contribution in [3.63, 3.8) is 0 Å². The molecule has 1 aliphatic rings. The van der Waals surface area contributed by atoms with Crippen molar-refractivity contribution in [2.75, 3.05) is 36.4 Å². The summed E-state index contributed by atoms with van der Waals surface area (Å²) in [6, 6.07) is 13.0. The quantitative estimate of drug-likeness (QED) is 0.514. The van der Waals surface area contributed by atoms with Crippen LogP contribution in [-0.2, 0) is 21.2 Å². The number of aromatic amines is 1. The molecule has 176 valence electrons. The monoisotopic (exact) mass is 468 g/mol. The Labute approximate surface area is 195 Å². The van der Waals surface area contributed by atoms with Crippen molar-refractivity contribution in [2.24, 2.45) is 0 Å². The lowest BCUT2D eigenvalue weighted by Gasteiger charge is -2.28. The highest BCUT2D eigenvalue weighted by atomic mass is 32.2. The molecule has 0 unspecified atom stereocenters. The molecule has 0 bridgehead atoms. The summed E-state index contributed by atoms with van der Waals surface area (Å²) in [5, 5.41) is 4.01. The third kappa shape index (κ3) is 4.91. The van der Waals surface area contributed by atoms with Crippen LogP contribution in [0.25, 0.3) is 10.9 Å². The van der Waals surface area contributed by atoms with Crippen LogP contribution in [0, 0.1) is 0 Å². The Kier molecular flexibility index (Phi) is 7.05. The van der Waals surface area contributed by atoms with Crippen LogP contribution in [0.2, 0.25) is 0 Å². The molecule has 1 fully saturated rings. The van der Waals surface area contributed by atoms with Gasteiger partial charge in [-0.1, -0.05) is 24.6 Å². The first-order valence-corrected chi connectivity index (χ1v) is 13.1. The molecule has 2 heterocycles. The molecule has 0 saturated carbocycles. The summed E-state index contributed by atoms with van der Waals surface area (Å²) in [6.07, 6.45) is 4.87. The summed E-state index contributed by atoms with van der Waals surface area (Å²) in [7, 11) is -3.60. The fraction of sp³-hybridized carbons (Fsp3) is 0.400. The van der Waals surface area contributed by atoms with Gasteiger partial charge < -0.3 is 15.2 Å². The molecule has 33 heavy (non-hydrogen) atoms. The number of hydrogen-bond acceptors (Lipinski definition) is 4. The maximum Gasteiger partial charge on any atom is 0.243 e. The molecule has 8 heteroatoms. The van der Waals surface area contributed by atoms with E-state index in [4.69, 9.17) is 0 Å². The number of nitrogens with one attached hydrogen (secondary N) is 2. The number of H-pyrrole nitrogens is 1. The van der Waals surface area contributed by atoms with Gasteiger partial charge in [0, 0.05) is 43.3 Å². The first-order chi connectivity index (χ1) is 15.9. The van der Waals surface area contributed by atoms with Crippen LogP contribution >= 0.6 is 0 Å². The number of amides is 1. The van der Waals surface area contributed by atoms with E-state index in [0.717, 1.165) is 54.5 Å². The minimum atomic E-state index is -3.60. The zero-order valence-corrected chi connectivity index (χ0v) is 20.1. The van der Waals surface area contributed by atoms with E-state index in [0.29, 0.717) is 18.8 Å². The maximum absolute atomic E-state index is 13.2. The lowest BCUT2D eigenvalue weighted by atomic mass is 10.1. The molecule has 1 aromatic heterocycles. The Hall–Kier alpha value is -2.84. The molecule has 0 radical (unpaired) electrons. The molecule has 2 aromatic carbocycles. The van der Waals surface area contributed by atoms with Crippen molar-refractivity contribution >= 4 is 38.2 Å². The predicted molar refractivity (Wildman–Crippen MR) is 133 cm³/mol. The van der Waals surface area contributed by atoms with Gasteiger partial charge in [-0.2, -0.15) is 4.31 Å². The highest BCUT2D eigenvalue weighted by Gasteiger charge is 2.27. The van der Waals surface area contributed by atoms with Crippen molar-refractivity contribution in [1.82, 2.24) is 9.29 Å². The van der Waals surface area contributed by atoms with E-state index in [-0.39, 0.29) is 17.2 Å². The fourth-order valence-electron chi connectivity index (χ4n) is 4.52. The molecule has 1 saturated heterocycles. The third-order valence-corrected chi connectivity index (χ3v) is 8.22. The summed E-state index contributed by atoms with van der Waals surface area (Å²) in [5.41, 5.74) is 3.25. The van der Waals surface area contributed by atoms with Crippen LogP contribution < -0.4 is 10.2 Å². The predicted octanol–water partition coefficient (Wildman–Crippen LogP) is 4.37. The number of carbonyl (C=O) groups excluding carboxylic acids is 1. The first kappa shape index (κ1) is 23.3. The lowest BCUT2D eigenvalue weighted by Crippen LogP contribution is -2.35. The van der Waals surface area contributed by atoms with E-state index < -0.39 is 10.0 Å². The number of fused-ring (bicyclic) bond motifs is 1. The number of hydrogen-bond donors (Lipinski definition) is 2. The van der Waals surface area contributed by atoms with E-state index in [2.05, 4.69) is 15.2 Å². The van der Waals surface area contributed by atoms with Gasteiger partial charge in [0.15, 0.2) is 0 Å². The highest BCUT2D eigenvalue weighted by molar-refractivity contribution is 7.89. The molecule has 0 aliphatic carbocycles. The number of rotatable bonds is 8. The third-order valence-electron chi connectivity index (χ3n) is 6.32. The number of nitrogens with zero attached hydrogens (tertiary/aromatic N) is 2. The lowest BCUT2D eigenvalue weighted by molar-refractivity contribution is -0.115. The largest absolute Gasteiger partial charge is 0.370 e. The minimum Gasteiger partial charge on any atom is -0.370 e. The number of benzene rings is 2. The van der Waals surface area contributed by atoms with Crippen molar-refractivity contribution in [2.45, 2.75) is 44.4 Å². The smallest absolute Gasteiger partial charge is 0.243 e. The van der Waals surface area contributed by atoms with Crippen LogP contribution in [0.4, 0.5) is 11.4 Å². The molecular weight excluding hydrogens is 436 g/mol. The van der Waals surface area contributed by atoms with Crippen LogP contribution in [0.15, 0.2) is 53.6 Å². The first-order valence-electron chi connectivity index (χ1n) is 11.7. The van der Waals surface area contributed by atoms with E-state index in [1.54, 1.807) is 16.4 Å². The summed E-state index contributed by atoms with van der Waals surface area (Å²) >= 11 is 0. The van der Waals surface area contributed by atoms with Crippen molar-refractivity contribution < 1.29 is 13.2 Å². The average Bonchev–Trinajstić information content (AvgIpc) is 3.24. The van der Waals surface area contributed by atoms with Crippen molar-refractivity contribution in [3.05, 3.63) is 54.2 Å². The minimum absolute atomic E-state index is 0.180. The van der Waals surface area contributed by atoms with Crippen molar-refractivity contribution in [1.29, 1.82) is 0 Å². The molecule has 2 N–H and O–H groups in total. The van der Waals surface area contributed by atoms with Gasteiger partial charge in [0.2, 0.25) is 15.9 Å². The summed E-state index contributed by atoms with van der Waals surface area (Å²) in [6.45, 7) is 6.67. The maximum atomic E-state index is 13.2. The molecule has 3 aromatic rings. The fourth-order valence-corrected chi connectivity index (χ4v) is 6.06. The summed E-state index contributed by atoms with van der Waals surface area (Å²) in [5.74, 6) is -0.180. The molecule has 0 spiro atoms. The van der Waals surface area contributed by atoms with Crippen LogP contribution in [0.1, 0.15) is 38.7 Å². The van der Waals surface area contributed by atoms with E-state index in [9.17, 15) is 13.2 Å². The van der Waals surface area contributed by atoms with E-state index in [1.165, 1.54) is 0 Å². The Morgan fingerprint density at radius 2 is 1.79 bits per heavy atom. The number of para-hydroxylation sites is 1. The van der Waals surface area contributed by atoms with E-state index >= 15 is 0 Å². The molecule has 4 rings (SSSR count). The van der Waals surface area contributed by atoms with Gasteiger partial charge in [-0.05, 0) is 56.5 Å².